The number of carboxylic acid groups (broad SMARTS) is 1. The van der Waals surface area contributed by atoms with Crippen molar-refractivity contribution in [2.75, 3.05) is 25.0 Å². The number of piperazine rings is 1. The van der Waals surface area contributed by atoms with Gasteiger partial charge in [-0.1, -0.05) is 25.1 Å². The molecule has 2 amide bonds. The molecule has 1 aromatic heterocycles. The van der Waals surface area contributed by atoms with E-state index in [0.717, 1.165) is 11.3 Å². The number of nitrogens with one attached hydrogen (secondary N) is 2. The summed E-state index contributed by atoms with van der Waals surface area (Å²) >= 11 is 1.37. The van der Waals surface area contributed by atoms with Crippen LogP contribution in [0.2, 0.25) is 0 Å². The summed E-state index contributed by atoms with van der Waals surface area (Å²) in [5.41, 5.74) is 0.919. The molecule has 0 bridgehead atoms. The van der Waals surface area contributed by atoms with Crippen LogP contribution in [0.25, 0.3) is 0 Å². The number of anilines is 1. The normalized spacial score (nSPS) is 16.8. The number of rotatable bonds is 5. The summed E-state index contributed by atoms with van der Waals surface area (Å²) < 4.78 is 0. The van der Waals surface area contributed by atoms with Gasteiger partial charge in [0.15, 0.2) is 0 Å². The number of nitrogens with zero attached hydrogens (tertiary/aromatic N) is 1. The molecule has 1 fully saturated rings. The van der Waals surface area contributed by atoms with E-state index in [2.05, 4.69) is 10.6 Å². The minimum Gasteiger partial charge on any atom is -0.480 e. The van der Waals surface area contributed by atoms with Gasteiger partial charge in [-0.3, -0.25) is 14.4 Å². The number of amides is 2. The smallest absolute Gasteiger partial charge is 0.322 e. The number of aryl methyl sites for hydroxylation is 1. The zero-order valence-electron chi connectivity index (χ0n) is 14.9. The van der Waals surface area contributed by atoms with E-state index in [4.69, 9.17) is 0 Å². The number of carboxylic acids is 1. The third-order valence-electron chi connectivity index (χ3n) is 4.39. The predicted molar refractivity (Wildman–Crippen MR) is 103 cm³/mol. The Morgan fingerprint density at radius 3 is 2.70 bits per heavy atom. The van der Waals surface area contributed by atoms with Gasteiger partial charge in [0.1, 0.15) is 11.0 Å². The van der Waals surface area contributed by atoms with E-state index in [1.165, 1.54) is 16.2 Å². The van der Waals surface area contributed by atoms with Crippen LogP contribution in [0.5, 0.6) is 0 Å². The number of carbonyl (C=O) groups is 3. The lowest BCUT2D eigenvalue weighted by molar-refractivity contribution is -0.140. The fourth-order valence-electron chi connectivity index (χ4n) is 2.90. The molecule has 0 radical (unpaired) electrons. The Kier molecular flexibility index (Phi) is 5.88. The Bertz CT molecular complexity index is 850. The molecule has 0 aliphatic carbocycles. The molecule has 0 unspecified atom stereocenters. The first-order valence-electron chi connectivity index (χ1n) is 8.74. The van der Waals surface area contributed by atoms with Crippen LogP contribution in [-0.4, -0.2) is 53.5 Å². The fourth-order valence-corrected chi connectivity index (χ4v) is 3.89. The maximum absolute atomic E-state index is 13.0. The van der Waals surface area contributed by atoms with E-state index in [-0.39, 0.29) is 18.4 Å². The van der Waals surface area contributed by atoms with Crippen molar-refractivity contribution in [1.29, 1.82) is 0 Å². The molecule has 3 N–H and O–H groups in total. The van der Waals surface area contributed by atoms with E-state index in [9.17, 15) is 19.5 Å². The summed E-state index contributed by atoms with van der Waals surface area (Å²) in [7, 11) is 0. The third-order valence-corrected chi connectivity index (χ3v) is 5.58. The van der Waals surface area contributed by atoms with Crippen molar-refractivity contribution in [2.24, 2.45) is 0 Å². The van der Waals surface area contributed by atoms with Crippen molar-refractivity contribution >= 4 is 34.1 Å². The third kappa shape index (κ3) is 4.35. The van der Waals surface area contributed by atoms with Crippen molar-refractivity contribution < 1.29 is 19.5 Å². The van der Waals surface area contributed by atoms with E-state index in [1.54, 1.807) is 30.3 Å². The Hall–Kier alpha value is -2.71. The highest BCUT2D eigenvalue weighted by molar-refractivity contribution is 7.16. The van der Waals surface area contributed by atoms with E-state index in [1.807, 2.05) is 13.0 Å². The number of benzene rings is 1. The van der Waals surface area contributed by atoms with Crippen LogP contribution in [0, 0.1) is 0 Å². The van der Waals surface area contributed by atoms with Crippen LogP contribution in [0.4, 0.5) is 5.00 Å². The average Bonchev–Trinajstić information content (AvgIpc) is 3.11. The first-order chi connectivity index (χ1) is 13.0. The Balaban J connectivity index is 1.82. The van der Waals surface area contributed by atoms with Gasteiger partial charge in [0.2, 0.25) is 0 Å². The maximum atomic E-state index is 13.0. The van der Waals surface area contributed by atoms with Crippen molar-refractivity contribution in [2.45, 2.75) is 19.4 Å². The standard InChI is InChI=1S/C19H21N3O4S/c1-2-13-10-14(18(24)22-9-8-20-15(11-22)19(25)26)17(27-13)21-16(23)12-6-4-3-5-7-12/h3-7,10,15,20H,2,8-9,11H2,1H3,(H,21,23)(H,25,26)/t15-/m0/s1. The Morgan fingerprint density at radius 1 is 1.30 bits per heavy atom. The molecule has 8 heteroatoms. The van der Waals surface area contributed by atoms with Gasteiger partial charge in [-0.15, -0.1) is 11.3 Å². The monoisotopic (exact) mass is 387 g/mol. The molecular weight excluding hydrogens is 366 g/mol. The molecule has 27 heavy (non-hydrogen) atoms. The van der Waals surface area contributed by atoms with Crippen LogP contribution < -0.4 is 10.6 Å². The molecule has 1 saturated heterocycles. The van der Waals surface area contributed by atoms with Gasteiger partial charge in [-0.2, -0.15) is 0 Å². The zero-order valence-corrected chi connectivity index (χ0v) is 15.7. The van der Waals surface area contributed by atoms with Gasteiger partial charge in [0.05, 0.1) is 5.56 Å². The highest BCUT2D eigenvalue weighted by atomic mass is 32.1. The number of carbonyl (C=O) groups excluding carboxylic acids is 2. The molecule has 1 aromatic carbocycles. The maximum Gasteiger partial charge on any atom is 0.322 e. The van der Waals surface area contributed by atoms with Crippen molar-refractivity contribution in [3.63, 3.8) is 0 Å². The fraction of sp³-hybridized carbons (Fsp3) is 0.316. The van der Waals surface area contributed by atoms with E-state index < -0.39 is 12.0 Å². The second kappa shape index (κ2) is 8.32. The van der Waals surface area contributed by atoms with E-state index in [0.29, 0.717) is 29.2 Å². The SMILES string of the molecule is CCc1cc(C(=O)N2CCN[C@H](C(=O)O)C2)c(NC(=O)c2ccccc2)s1. The first-order valence-corrected chi connectivity index (χ1v) is 9.55. The summed E-state index contributed by atoms with van der Waals surface area (Å²) in [4.78, 5) is 39.2. The van der Waals surface area contributed by atoms with Gasteiger partial charge in [0, 0.05) is 30.1 Å². The topological polar surface area (TPSA) is 98.7 Å². The summed E-state index contributed by atoms with van der Waals surface area (Å²) in [6.45, 7) is 2.91. The summed E-state index contributed by atoms with van der Waals surface area (Å²) in [5.74, 6) is -1.52. The predicted octanol–water partition coefficient (Wildman–Crippen LogP) is 2.06. The van der Waals surface area contributed by atoms with Gasteiger partial charge in [0.25, 0.3) is 11.8 Å². The molecule has 3 rings (SSSR count). The minimum atomic E-state index is -0.982. The molecular formula is C19H21N3O4S. The number of hydrogen-bond acceptors (Lipinski definition) is 5. The Morgan fingerprint density at radius 2 is 2.04 bits per heavy atom. The van der Waals surface area contributed by atoms with Crippen LogP contribution >= 0.6 is 11.3 Å². The first kappa shape index (κ1) is 19.1. The molecule has 7 nitrogen and oxygen atoms in total. The lowest BCUT2D eigenvalue weighted by atomic mass is 10.1. The molecule has 2 heterocycles. The van der Waals surface area contributed by atoms with Gasteiger partial charge in [-0.05, 0) is 24.6 Å². The molecule has 1 aliphatic rings. The second-order valence-electron chi connectivity index (χ2n) is 6.23. The molecule has 1 atom stereocenters. The van der Waals surface area contributed by atoms with Gasteiger partial charge in [-0.25, -0.2) is 0 Å². The quantitative estimate of drug-likeness (QED) is 0.729. The highest BCUT2D eigenvalue weighted by Crippen LogP contribution is 2.30. The number of hydrogen-bond donors (Lipinski definition) is 3. The summed E-state index contributed by atoms with van der Waals surface area (Å²) in [6, 6.07) is 9.80. The minimum absolute atomic E-state index is 0.0948. The Labute approximate surface area is 161 Å². The van der Waals surface area contributed by atoms with Gasteiger partial charge >= 0.3 is 5.97 Å². The van der Waals surface area contributed by atoms with Gasteiger partial charge < -0.3 is 20.6 Å². The highest BCUT2D eigenvalue weighted by Gasteiger charge is 2.30. The number of aliphatic carboxylic acids is 1. The molecule has 0 saturated carbocycles. The lowest BCUT2D eigenvalue weighted by Crippen LogP contribution is -2.55. The molecule has 142 valence electrons. The van der Waals surface area contributed by atoms with Crippen molar-refractivity contribution in [3.8, 4) is 0 Å². The van der Waals surface area contributed by atoms with Crippen LogP contribution in [0.15, 0.2) is 36.4 Å². The summed E-state index contributed by atoms with van der Waals surface area (Å²) in [5, 5.41) is 15.4. The number of thiophene rings is 1. The summed E-state index contributed by atoms with van der Waals surface area (Å²) in [6.07, 6.45) is 0.742. The zero-order chi connectivity index (χ0) is 19.4. The molecule has 1 aliphatic heterocycles. The van der Waals surface area contributed by atoms with Crippen LogP contribution in [-0.2, 0) is 11.2 Å². The van der Waals surface area contributed by atoms with Crippen LogP contribution in [0.3, 0.4) is 0 Å². The molecule has 0 spiro atoms. The van der Waals surface area contributed by atoms with E-state index >= 15 is 0 Å². The van der Waals surface area contributed by atoms with Crippen LogP contribution in [0.1, 0.15) is 32.5 Å². The second-order valence-corrected chi connectivity index (χ2v) is 7.36. The lowest BCUT2D eigenvalue weighted by Gasteiger charge is -2.31. The van der Waals surface area contributed by atoms with Crippen molar-refractivity contribution in [3.05, 3.63) is 52.4 Å². The molecule has 2 aromatic rings. The average molecular weight is 387 g/mol. The van der Waals surface area contributed by atoms with Crippen molar-refractivity contribution in [1.82, 2.24) is 10.2 Å². The largest absolute Gasteiger partial charge is 0.480 e.